The fourth-order valence-electron chi connectivity index (χ4n) is 4.00. The van der Waals surface area contributed by atoms with Gasteiger partial charge >= 0.3 is 5.97 Å². The number of ether oxygens (including phenoxy) is 3. The van der Waals surface area contributed by atoms with Gasteiger partial charge in [0.05, 0.1) is 43.3 Å². The largest absolute Gasteiger partial charge is 0.493 e. The minimum atomic E-state index is -0.780. The molecule has 1 aliphatic rings. The van der Waals surface area contributed by atoms with Gasteiger partial charge in [0.1, 0.15) is 0 Å². The van der Waals surface area contributed by atoms with E-state index in [1.807, 2.05) is 24.3 Å². The molecule has 0 bridgehead atoms. The van der Waals surface area contributed by atoms with Gasteiger partial charge in [0, 0.05) is 6.54 Å². The summed E-state index contributed by atoms with van der Waals surface area (Å²) in [7, 11) is 4.69. The molecule has 0 saturated carbocycles. The zero-order chi connectivity index (χ0) is 21.8. The lowest BCUT2D eigenvalue weighted by Gasteiger charge is -2.38. The number of benzene rings is 2. The Labute approximate surface area is 186 Å². The van der Waals surface area contributed by atoms with Crippen molar-refractivity contribution in [1.82, 2.24) is 4.90 Å². The number of carboxylic acid groups (broad SMARTS) is 1. The number of carbonyl (C=O) groups is 1. The average molecular weight is 454 g/mol. The van der Waals surface area contributed by atoms with Crippen molar-refractivity contribution in [2.24, 2.45) is 5.92 Å². The van der Waals surface area contributed by atoms with Crippen molar-refractivity contribution < 1.29 is 24.1 Å². The fourth-order valence-corrected chi connectivity index (χ4v) is 4.30. The number of methoxy groups -OCH3 is 3. The number of hydrogen-bond donors (Lipinski definition) is 1. The second-order valence-corrected chi connectivity index (χ2v) is 8.02. The van der Waals surface area contributed by atoms with E-state index in [-0.39, 0.29) is 6.04 Å². The summed E-state index contributed by atoms with van der Waals surface area (Å²) in [6, 6.07) is 9.01. The first kappa shape index (κ1) is 22.5. The van der Waals surface area contributed by atoms with Crippen molar-refractivity contribution >= 4 is 29.2 Å². The van der Waals surface area contributed by atoms with E-state index >= 15 is 0 Å². The molecule has 2 unspecified atom stereocenters. The van der Waals surface area contributed by atoms with Gasteiger partial charge in [0.15, 0.2) is 11.5 Å². The summed E-state index contributed by atoms with van der Waals surface area (Å²) in [5.41, 5.74) is 1.79. The van der Waals surface area contributed by atoms with Crippen LogP contribution in [0.15, 0.2) is 30.3 Å². The smallest absolute Gasteiger partial charge is 0.307 e. The molecule has 2 aromatic carbocycles. The van der Waals surface area contributed by atoms with Crippen molar-refractivity contribution in [2.75, 3.05) is 34.4 Å². The van der Waals surface area contributed by atoms with E-state index in [1.165, 1.54) is 0 Å². The van der Waals surface area contributed by atoms with Crippen LogP contribution in [0, 0.1) is 5.92 Å². The Bertz CT molecular complexity index is 895. The average Bonchev–Trinajstić information content (AvgIpc) is 2.75. The molecule has 0 spiro atoms. The minimum Gasteiger partial charge on any atom is -0.493 e. The highest BCUT2D eigenvalue weighted by atomic mass is 35.5. The SMILES string of the molecule is COc1cc(C(c2ccc(Cl)c(Cl)c2)N2CCCC(C(=O)O)C2)cc(OC)c1OC. The van der Waals surface area contributed by atoms with Gasteiger partial charge in [-0.25, -0.2) is 0 Å². The monoisotopic (exact) mass is 453 g/mol. The Kier molecular flexibility index (Phi) is 7.34. The highest BCUT2D eigenvalue weighted by molar-refractivity contribution is 6.42. The molecule has 1 saturated heterocycles. The third kappa shape index (κ3) is 4.61. The zero-order valence-corrected chi connectivity index (χ0v) is 18.7. The molecular formula is C22H25Cl2NO5. The lowest BCUT2D eigenvalue weighted by Crippen LogP contribution is -2.41. The first-order valence-corrected chi connectivity index (χ1v) is 10.4. The summed E-state index contributed by atoms with van der Waals surface area (Å²) in [5, 5.41) is 10.5. The first-order chi connectivity index (χ1) is 14.4. The maximum absolute atomic E-state index is 11.7. The van der Waals surface area contributed by atoms with E-state index < -0.39 is 11.9 Å². The molecule has 1 aliphatic heterocycles. The Morgan fingerprint density at radius 3 is 2.23 bits per heavy atom. The predicted octanol–water partition coefficient (Wildman–Crippen LogP) is 4.91. The first-order valence-electron chi connectivity index (χ1n) is 9.61. The number of piperidine rings is 1. The van der Waals surface area contributed by atoms with Gasteiger partial charge < -0.3 is 19.3 Å². The molecule has 3 rings (SSSR count). The lowest BCUT2D eigenvalue weighted by atomic mass is 9.91. The number of rotatable bonds is 7. The highest BCUT2D eigenvalue weighted by Crippen LogP contribution is 2.43. The molecule has 2 atom stereocenters. The lowest BCUT2D eigenvalue weighted by molar-refractivity contribution is -0.143. The van der Waals surface area contributed by atoms with E-state index in [4.69, 9.17) is 37.4 Å². The van der Waals surface area contributed by atoms with Gasteiger partial charge in [-0.3, -0.25) is 9.69 Å². The number of nitrogens with zero attached hydrogens (tertiary/aromatic N) is 1. The Morgan fingerprint density at radius 1 is 1.03 bits per heavy atom. The van der Waals surface area contributed by atoms with E-state index in [0.29, 0.717) is 40.3 Å². The fraction of sp³-hybridized carbons (Fsp3) is 0.409. The molecule has 30 heavy (non-hydrogen) atoms. The molecule has 8 heteroatoms. The van der Waals surface area contributed by atoms with Crippen LogP contribution in [0.3, 0.4) is 0 Å². The Balaban J connectivity index is 2.14. The molecule has 6 nitrogen and oxygen atoms in total. The van der Waals surface area contributed by atoms with Crippen LogP contribution in [-0.4, -0.2) is 50.4 Å². The van der Waals surface area contributed by atoms with Gasteiger partial charge in [-0.1, -0.05) is 29.3 Å². The van der Waals surface area contributed by atoms with Crippen LogP contribution in [0.4, 0.5) is 0 Å². The number of halogens is 2. The summed E-state index contributed by atoms with van der Waals surface area (Å²) in [5.74, 6) is 0.356. The third-order valence-electron chi connectivity index (χ3n) is 5.43. The van der Waals surface area contributed by atoms with Gasteiger partial charge in [-0.2, -0.15) is 0 Å². The number of aliphatic carboxylic acids is 1. The van der Waals surface area contributed by atoms with Crippen molar-refractivity contribution in [3.05, 3.63) is 51.5 Å². The second-order valence-electron chi connectivity index (χ2n) is 7.21. The van der Waals surface area contributed by atoms with Crippen LogP contribution in [0.1, 0.15) is 30.0 Å². The summed E-state index contributed by atoms with van der Waals surface area (Å²) >= 11 is 12.5. The summed E-state index contributed by atoms with van der Waals surface area (Å²) < 4.78 is 16.5. The zero-order valence-electron chi connectivity index (χ0n) is 17.2. The minimum absolute atomic E-state index is 0.254. The maximum Gasteiger partial charge on any atom is 0.307 e. The van der Waals surface area contributed by atoms with Crippen molar-refractivity contribution in [3.8, 4) is 17.2 Å². The van der Waals surface area contributed by atoms with Gasteiger partial charge in [0.25, 0.3) is 0 Å². The quantitative estimate of drug-likeness (QED) is 0.642. The van der Waals surface area contributed by atoms with Crippen molar-refractivity contribution in [3.63, 3.8) is 0 Å². The third-order valence-corrected chi connectivity index (χ3v) is 6.17. The molecule has 0 radical (unpaired) electrons. The van der Waals surface area contributed by atoms with E-state index in [2.05, 4.69) is 4.90 Å². The normalized spacial score (nSPS) is 18.0. The maximum atomic E-state index is 11.7. The molecule has 1 heterocycles. The molecule has 162 valence electrons. The van der Waals surface area contributed by atoms with Crippen LogP contribution >= 0.6 is 23.2 Å². The van der Waals surface area contributed by atoms with Gasteiger partial charge in [-0.05, 0) is 54.8 Å². The van der Waals surface area contributed by atoms with Gasteiger partial charge in [0.2, 0.25) is 5.75 Å². The van der Waals surface area contributed by atoms with E-state index in [9.17, 15) is 9.90 Å². The van der Waals surface area contributed by atoms with Crippen molar-refractivity contribution in [2.45, 2.75) is 18.9 Å². The number of hydrogen-bond acceptors (Lipinski definition) is 5. The molecule has 0 aromatic heterocycles. The van der Waals surface area contributed by atoms with Crippen LogP contribution in [0.2, 0.25) is 10.0 Å². The van der Waals surface area contributed by atoms with Crippen LogP contribution in [0.5, 0.6) is 17.2 Å². The molecule has 1 fully saturated rings. The predicted molar refractivity (Wildman–Crippen MR) is 116 cm³/mol. The number of carboxylic acids is 1. The molecule has 0 aliphatic carbocycles. The topological polar surface area (TPSA) is 68.2 Å². The van der Waals surface area contributed by atoms with E-state index in [0.717, 1.165) is 24.1 Å². The molecular weight excluding hydrogens is 429 g/mol. The Hall–Kier alpha value is -2.15. The highest BCUT2D eigenvalue weighted by Gasteiger charge is 2.32. The van der Waals surface area contributed by atoms with Crippen LogP contribution in [0.25, 0.3) is 0 Å². The van der Waals surface area contributed by atoms with Crippen molar-refractivity contribution in [1.29, 1.82) is 0 Å². The summed E-state index contributed by atoms with van der Waals surface area (Å²) in [6.45, 7) is 1.18. The van der Waals surface area contributed by atoms with Crippen LogP contribution in [-0.2, 0) is 4.79 Å². The molecule has 0 amide bonds. The second kappa shape index (κ2) is 9.77. The summed E-state index contributed by atoms with van der Waals surface area (Å²) in [4.78, 5) is 13.8. The summed E-state index contributed by atoms with van der Waals surface area (Å²) in [6.07, 6.45) is 1.45. The van der Waals surface area contributed by atoms with Gasteiger partial charge in [-0.15, -0.1) is 0 Å². The standard InChI is InChI=1S/C22H25Cl2NO5/c1-28-18-10-15(11-19(29-2)21(18)30-3)20(13-6-7-16(23)17(24)9-13)25-8-4-5-14(12-25)22(26)27/h6-7,9-11,14,20H,4-5,8,12H2,1-3H3,(H,26,27). The molecule has 1 N–H and O–H groups in total. The number of likely N-dealkylation sites (tertiary alicyclic amines) is 1. The van der Waals surface area contributed by atoms with E-state index in [1.54, 1.807) is 27.4 Å². The molecule has 2 aromatic rings. The Morgan fingerprint density at radius 2 is 1.70 bits per heavy atom. The van der Waals surface area contributed by atoms with Crippen LogP contribution < -0.4 is 14.2 Å².